The summed E-state index contributed by atoms with van der Waals surface area (Å²) in [5.41, 5.74) is 1.11. The van der Waals surface area contributed by atoms with E-state index in [0.717, 1.165) is 24.6 Å². The maximum Gasteiger partial charge on any atom is 0.304 e. The Morgan fingerprint density at radius 1 is 1.20 bits per heavy atom. The topological polar surface area (TPSA) is 73.9 Å². The molecule has 1 N–H and O–H groups in total. The minimum absolute atomic E-state index is 0.120. The molecule has 1 atom stereocenters. The molecule has 2 aromatic carbocycles. The number of carbonyl (C=O) groups is 2. The van der Waals surface area contributed by atoms with Crippen molar-refractivity contribution < 1.29 is 28.2 Å². The second-order valence-electron chi connectivity index (χ2n) is 6.23. The van der Waals surface area contributed by atoms with Gasteiger partial charge in [0.25, 0.3) is 10.8 Å². The van der Waals surface area contributed by atoms with Gasteiger partial charge in [0.1, 0.15) is 12.4 Å². The lowest BCUT2D eigenvalue weighted by Gasteiger charge is -2.27. The van der Waals surface area contributed by atoms with Gasteiger partial charge in [-0.25, -0.2) is 4.39 Å². The number of halogens is 1. The van der Waals surface area contributed by atoms with Gasteiger partial charge < -0.3 is 19.5 Å². The van der Waals surface area contributed by atoms with E-state index in [0.29, 0.717) is 17.9 Å². The summed E-state index contributed by atoms with van der Waals surface area (Å²) in [7, 11) is 1.51. The van der Waals surface area contributed by atoms with E-state index in [-0.39, 0.29) is 18.7 Å². The molecule has 0 fully saturated rings. The molecule has 0 spiro atoms. The average Bonchev–Trinajstić information content (AvgIpc) is 2.72. The highest BCUT2D eigenvalue weighted by Gasteiger charge is 2.40. The van der Waals surface area contributed by atoms with Gasteiger partial charge in [-0.05, 0) is 36.2 Å². The van der Waals surface area contributed by atoms with Gasteiger partial charge in [-0.1, -0.05) is 24.1 Å². The molecule has 2 rings (SSSR count). The van der Waals surface area contributed by atoms with Crippen molar-refractivity contribution >= 4 is 24.5 Å². The number of nitrogens with one attached hydrogen (secondary N) is 1. The highest BCUT2D eigenvalue weighted by atomic mass is 32.1. The maximum atomic E-state index is 13.2. The lowest BCUT2D eigenvalue weighted by Crippen LogP contribution is -2.44. The van der Waals surface area contributed by atoms with Crippen molar-refractivity contribution in [3.05, 3.63) is 59.4 Å². The maximum absolute atomic E-state index is 13.2. The third-order valence-corrected chi connectivity index (χ3v) is 4.63. The minimum atomic E-state index is -1.88. The number of carbonyl (C=O) groups excluding carboxylic acids is 2. The Morgan fingerprint density at radius 3 is 2.50 bits per heavy atom. The fraction of sp³-hybridized carbons (Fsp3) is 0.273. The molecular weight excluding hydrogens is 409 g/mol. The van der Waals surface area contributed by atoms with Gasteiger partial charge >= 0.3 is 5.97 Å². The van der Waals surface area contributed by atoms with Crippen molar-refractivity contribution in [3.63, 3.8) is 0 Å². The van der Waals surface area contributed by atoms with Gasteiger partial charge in [0.05, 0.1) is 7.11 Å². The van der Waals surface area contributed by atoms with Crippen molar-refractivity contribution in [1.29, 1.82) is 0 Å². The molecule has 1 amide bonds. The number of rotatable bonds is 9. The van der Waals surface area contributed by atoms with Crippen LogP contribution >= 0.6 is 12.6 Å². The van der Waals surface area contributed by atoms with Crippen molar-refractivity contribution in [2.45, 2.75) is 18.3 Å². The molecule has 158 valence electrons. The Bertz CT molecular complexity index is 942. The minimum Gasteiger partial charge on any atom is -0.493 e. The van der Waals surface area contributed by atoms with Gasteiger partial charge in [0.15, 0.2) is 11.5 Å². The van der Waals surface area contributed by atoms with Gasteiger partial charge in [0, 0.05) is 19.0 Å². The zero-order valence-electron chi connectivity index (χ0n) is 16.6. The fourth-order valence-electron chi connectivity index (χ4n) is 2.67. The van der Waals surface area contributed by atoms with E-state index < -0.39 is 22.6 Å². The monoisotopic (exact) mass is 431 g/mol. The molecule has 0 bridgehead atoms. The molecule has 0 radical (unpaired) electrons. The summed E-state index contributed by atoms with van der Waals surface area (Å²) in [5, 5.41) is 2.69. The van der Waals surface area contributed by atoms with Crippen LogP contribution in [-0.2, 0) is 25.7 Å². The zero-order valence-corrected chi connectivity index (χ0v) is 17.5. The van der Waals surface area contributed by atoms with Crippen LogP contribution in [0.2, 0.25) is 0 Å². The van der Waals surface area contributed by atoms with Crippen molar-refractivity contribution in [1.82, 2.24) is 5.32 Å². The van der Waals surface area contributed by atoms with Crippen LogP contribution in [0.5, 0.6) is 11.5 Å². The van der Waals surface area contributed by atoms with Crippen LogP contribution in [-0.4, -0.2) is 32.1 Å². The number of esters is 1. The number of hydrogen-bond acceptors (Lipinski definition) is 6. The summed E-state index contributed by atoms with van der Waals surface area (Å²) in [6, 6.07) is 10.3. The van der Waals surface area contributed by atoms with Crippen LogP contribution < -0.4 is 14.8 Å². The molecule has 0 saturated heterocycles. The van der Waals surface area contributed by atoms with Crippen molar-refractivity contribution in [2.24, 2.45) is 0 Å². The molecule has 0 aliphatic carbocycles. The number of benzene rings is 2. The van der Waals surface area contributed by atoms with E-state index in [1.54, 1.807) is 12.1 Å². The van der Waals surface area contributed by atoms with E-state index in [1.807, 2.05) is 6.07 Å². The van der Waals surface area contributed by atoms with Gasteiger partial charge in [-0.15, -0.1) is 19.1 Å². The van der Waals surface area contributed by atoms with E-state index >= 15 is 0 Å². The third-order valence-electron chi connectivity index (χ3n) is 4.07. The molecule has 1 unspecified atom stereocenters. The molecule has 2 aromatic rings. The third kappa shape index (κ3) is 5.91. The number of thiol groups is 1. The summed E-state index contributed by atoms with van der Waals surface area (Å²) in [6.07, 6.45) is 5.66. The number of hydrogen-bond donors (Lipinski definition) is 2. The number of amides is 1. The fourth-order valence-corrected chi connectivity index (χ4v) is 3.02. The molecule has 30 heavy (non-hydrogen) atoms. The van der Waals surface area contributed by atoms with E-state index in [9.17, 15) is 14.0 Å². The smallest absolute Gasteiger partial charge is 0.304 e. The molecule has 6 nitrogen and oxygen atoms in total. The Balaban J connectivity index is 2.08. The van der Waals surface area contributed by atoms with E-state index in [1.165, 1.54) is 19.2 Å². The lowest BCUT2D eigenvalue weighted by atomic mass is 10.1. The largest absolute Gasteiger partial charge is 0.493 e. The van der Waals surface area contributed by atoms with E-state index in [4.69, 9.17) is 20.6 Å². The van der Waals surface area contributed by atoms with Crippen LogP contribution in [0.25, 0.3) is 0 Å². The second kappa shape index (κ2) is 10.6. The van der Waals surface area contributed by atoms with Crippen LogP contribution in [0, 0.1) is 18.2 Å². The summed E-state index contributed by atoms with van der Waals surface area (Å²) < 4.78 is 29.1. The van der Waals surface area contributed by atoms with Crippen molar-refractivity contribution in [2.75, 3.05) is 20.3 Å². The number of terminal acetylenes is 1. The Labute approximate surface area is 180 Å². The van der Waals surface area contributed by atoms with Crippen LogP contribution in [0.1, 0.15) is 18.1 Å². The molecule has 0 heterocycles. The highest BCUT2D eigenvalue weighted by Crippen LogP contribution is 2.31. The molecular formula is C22H22FNO5S. The quantitative estimate of drug-likeness (QED) is 0.276. The van der Waals surface area contributed by atoms with E-state index in [2.05, 4.69) is 23.9 Å². The zero-order chi connectivity index (χ0) is 22.1. The molecule has 0 saturated carbocycles. The molecule has 8 heteroatoms. The normalized spacial score (nSPS) is 12.2. The first-order valence-corrected chi connectivity index (χ1v) is 9.44. The van der Waals surface area contributed by atoms with Gasteiger partial charge in [-0.3, -0.25) is 9.59 Å². The Hall–Kier alpha value is -3.18. The van der Waals surface area contributed by atoms with Crippen LogP contribution in [0.15, 0.2) is 42.5 Å². The first-order chi connectivity index (χ1) is 14.3. The molecule has 0 aliphatic heterocycles. The predicted octanol–water partition coefficient (Wildman–Crippen LogP) is 2.85. The van der Waals surface area contributed by atoms with Gasteiger partial charge in [-0.2, -0.15) is 0 Å². The SMILES string of the molecule is C#CCOc1ccc(CCNC(=O)C(S)(OC(C)=O)c2ccc(F)cc2)cc1OC. The summed E-state index contributed by atoms with van der Waals surface area (Å²) in [5.74, 6) is 1.59. The average molecular weight is 431 g/mol. The standard InChI is InChI=1S/C22H22FNO5S/c1-4-13-28-19-10-5-16(14-20(19)27-3)11-12-24-21(26)22(30,29-15(2)25)17-6-8-18(23)9-7-17/h1,5-10,14,30H,11-13H2,2-3H3,(H,24,26). The van der Waals surface area contributed by atoms with Crippen molar-refractivity contribution in [3.8, 4) is 23.8 Å². The predicted molar refractivity (Wildman–Crippen MR) is 113 cm³/mol. The van der Waals surface area contributed by atoms with Gasteiger partial charge in [0.2, 0.25) is 0 Å². The Morgan fingerprint density at radius 2 is 1.90 bits per heavy atom. The highest BCUT2D eigenvalue weighted by molar-refractivity contribution is 7.82. The first-order valence-electron chi connectivity index (χ1n) is 8.99. The number of ether oxygens (including phenoxy) is 3. The first kappa shape index (κ1) is 23.1. The van der Waals surface area contributed by atoms with Crippen LogP contribution in [0.3, 0.4) is 0 Å². The van der Waals surface area contributed by atoms with Crippen LogP contribution in [0.4, 0.5) is 4.39 Å². The summed E-state index contributed by atoms with van der Waals surface area (Å²) >= 11 is 4.28. The second-order valence-corrected chi connectivity index (χ2v) is 6.86. The molecule has 0 aliphatic rings. The summed E-state index contributed by atoms with van der Waals surface area (Å²) in [6.45, 7) is 1.52. The Kier molecular flexibility index (Phi) is 8.13. The summed E-state index contributed by atoms with van der Waals surface area (Å²) in [4.78, 5) is 22.4. The molecule has 0 aromatic heterocycles. The lowest BCUT2D eigenvalue weighted by molar-refractivity contribution is -0.157. The number of methoxy groups -OCH3 is 1.